The van der Waals surface area contributed by atoms with E-state index in [1.807, 2.05) is 61.2 Å². The summed E-state index contributed by atoms with van der Waals surface area (Å²) in [7, 11) is 0. The molecule has 5 heterocycles. The number of nitrogens with zero attached hydrogens (tertiary/aromatic N) is 4. The summed E-state index contributed by atoms with van der Waals surface area (Å²) >= 11 is 0. The van der Waals surface area contributed by atoms with Gasteiger partial charge in [0, 0.05) is 61.9 Å². The number of rotatable bonds is 2. The van der Waals surface area contributed by atoms with Crippen molar-refractivity contribution in [3.63, 3.8) is 0 Å². The Hall–Kier alpha value is -6.36. The van der Waals surface area contributed by atoms with E-state index in [1.165, 1.54) is 5.56 Å². The van der Waals surface area contributed by atoms with E-state index in [4.69, 9.17) is 34.7 Å². The Labute approximate surface area is 344 Å². The number of aliphatic imine (C=N–C) groups is 2. The monoisotopic (exact) mass is 791 g/mol. The number of aryl methyl sites for hydroxylation is 1. The molecular weight excluding hydrogens is 743 g/mol. The number of hydrogen-bond donors (Lipinski definition) is 1. The lowest BCUT2D eigenvalue weighted by atomic mass is 10.0. The first-order chi connectivity index (χ1) is 28.9. The molecule has 2 atom stereocenters. The largest absolute Gasteiger partial charge is 0.490 e. The number of benzene rings is 4. The van der Waals surface area contributed by atoms with Gasteiger partial charge in [-0.15, -0.1) is 0 Å². The Morgan fingerprint density at radius 1 is 0.542 bits per heavy atom. The first-order valence-electron chi connectivity index (χ1n) is 20.8. The van der Waals surface area contributed by atoms with Crippen LogP contribution in [-0.2, 0) is 0 Å². The van der Waals surface area contributed by atoms with Crippen LogP contribution in [0.1, 0.15) is 95.2 Å². The maximum Gasteiger partial charge on any atom is 0.260 e. The molecule has 0 fully saturated rings. The van der Waals surface area contributed by atoms with Gasteiger partial charge in [-0.3, -0.25) is 19.6 Å². The Bertz CT molecular complexity index is 2200. The summed E-state index contributed by atoms with van der Waals surface area (Å²) in [5.41, 5.74) is 14.2. The average molecular weight is 792 g/mol. The molecule has 59 heavy (non-hydrogen) atoms. The zero-order chi connectivity index (χ0) is 40.3. The number of anilines is 1. The van der Waals surface area contributed by atoms with E-state index in [2.05, 4.69) is 31.2 Å². The zero-order valence-electron chi connectivity index (χ0n) is 33.4. The predicted octanol–water partition coefficient (Wildman–Crippen LogP) is 9.48. The van der Waals surface area contributed by atoms with E-state index in [1.54, 1.807) is 21.9 Å². The fourth-order valence-electron chi connectivity index (χ4n) is 8.21. The van der Waals surface area contributed by atoms with Crippen molar-refractivity contribution in [3.05, 3.63) is 113 Å². The van der Waals surface area contributed by atoms with Gasteiger partial charge < -0.3 is 34.5 Å². The van der Waals surface area contributed by atoms with Crippen molar-refractivity contribution in [2.45, 2.75) is 76.8 Å². The third-order valence-electron chi connectivity index (χ3n) is 11.5. The fourth-order valence-corrected chi connectivity index (χ4v) is 8.21. The molecule has 0 bridgehead atoms. The molecule has 5 aliphatic rings. The van der Waals surface area contributed by atoms with Gasteiger partial charge in [0.25, 0.3) is 11.8 Å². The van der Waals surface area contributed by atoms with Crippen LogP contribution >= 0.6 is 0 Å². The molecule has 0 saturated heterocycles. The van der Waals surface area contributed by atoms with Crippen LogP contribution in [0, 0.1) is 6.92 Å². The van der Waals surface area contributed by atoms with Crippen LogP contribution in [0.25, 0.3) is 11.1 Å². The van der Waals surface area contributed by atoms with Crippen LogP contribution in [-0.4, -0.2) is 72.6 Å². The molecule has 4 aromatic carbocycles. The minimum absolute atomic E-state index is 0.107. The van der Waals surface area contributed by atoms with Gasteiger partial charge in [-0.25, -0.2) is 0 Å². The molecule has 0 radical (unpaired) electrons. The molecule has 4 aromatic rings. The summed E-state index contributed by atoms with van der Waals surface area (Å²) in [4.78, 5) is 41.2. The average Bonchev–Trinajstić information content (AvgIpc) is 3.82. The highest BCUT2D eigenvalue weighted by atomic mass is 16.5. The van der Waals surface area contributed by atoms with Crippen molar-refractivity contribution in [1.82, 2.24) is 9.80 Å². The number of nitrogens with two attached hydrogens (primary N) is 1. The van der Waals surface area contributed by atoms with E-state index in [9.17, 15) is 9.59 Å². The molecule has 0 aliphatic carbocycles. The molecular formula is C48H49N5O6. The highest BCUT2D eigenvalue weighted by Gasteiger charge is 2.35. The summed E-state index contributed by atoms with van der Waals surface area (Å²) < 4.78 is 25.3. The third-order valence-corrected chi connectivity index (χ3v) is 11.5. The van der Waals surface area contributed by atoms with Crippen molar-refractivity contribution in [1.29, 1.82) is 0 Å². The van der Waals surface area contributed by atoms with Crippen molar-refractivity contribution >= 4 is 52.5 Å². The van der Waals surface area contributed by atoms with E-state index in [0.717, 1.165) is 60.8 Å². The van der Waals surface area contributed by atoms with Gasteiger partial charge in [0.05, 0.1) is 61.0 Å². The maximum atomic E-state index is 14.1. The quantitative estimate of drug-likeness (QED) is 0.200. The van der Waals surface area contributed by atoms with Gasteiger partial charge in [0.1, 0.15) is 0 Å². The summed E-state index contributed by atoms with van der Waals surface area (Å²) in [5, 5.41) is 0. The topological polar surface area (TPSA) is 128 Å². The lowest BCUT2D eigenvalue weighted by Gasteiger charge is -2.20. The van der Waals surface area contributed by atoms with Crippen LogP contribution in [0.5, 0.6) is 23.0 Å². The molecule has 0 unspecified atom stereocenters. The SMILES string of the molecule is Cc1ccc(C2=CN3C(=O)c4cc5c(cc4N=C[C@@H]3C2)OCCCOc2cc3c(cc2OCCCCCCCCO5)C(=O)N2C=C(c4ccc(N)cc4)C[C@H]2C=N3)cc1. The Morgan fingerprint density at radius 3 is 1.42 bits per heavy atom. The second-order valence-corrected chi connectivity index (χ2v) is 15.8. The third kappa shape index (κ3) is 8.19. The molecule has 11 nitrogen and oxygen atoms in total. The van der Waals surface area contributed by atoms with Crippen molar-refractivity contribution in [2.75, 3.05) is 32.2 Å². The highest BCUT2D eigenvalue weighted by molar-refractivity contribution is 6.06. The summed E-state index contributed by atoms with van der Waals surface area (Å²) in [6, 6.07) is 23.0. The number of carbonyl (C=O) groups is 2. The lowest BCUT2D eigenvalue weighted by Crippen LogP contribution is -2.32. The van der Waals surface area contributed by atoms with Crippen molar-refractivity contribution in [3.8, 4) is 23.0 Å². The lowest BCUT2D eigenvalue weighted by molar-refractivity contribution is 0.0809. The molecule has 5 aliphatic heterocycles. The zero-order valence-corrected chi connectivity index (χ0v) is 33.4. The Kier molecular flexibility index (Phi) is 10.9. The molecule has 9 rings (SSSR count). The number of hydrogen-bond acceptors (Lipinski definition) is 9. The standard InChI is InChI=1S/C48H49N5O6/c1-31-9-11-32(12-10-31)34-21-37-27-50-41-25-45-43(23-39(41)47(54)52(37)29-34)56-17-6-4-2-3-5-7-18-57-44-24-40-42(26-46(44)59-20-8-19-58-45)51-28-38-22-35(30-53(38)48(40)55)33-13-15-36(49)16-14-33/h9-16,23-30,37-38H,2-8,17-22,49H2,1H3/t37-,38-/m0/s1. The summed E-state index contributed by atoms with van der Waals surface area (Å²) in [6.07, 6.45) is 15.4. The van der Waals surface area contributed by atoms with Gasteiger partial charge in [-0.05, 0) is 66.3 Å². The van der Waals surface area contributed by atoms with Gasteiger partial charge in [-0.2, -0.15) is 0 Å². The molecule has 11 heteroatoms. The smallest absolute Gasteiger partial charge is 0.260 e. The number of fused-ring (bicyclic) bond motifs is 6. The van der Waals surface area contributed by atoms with Crippen LogP contribution in [0.2, 0.25) is 0 Å². The van der Waals surface area contributed by atoms with Gasteiger partial charge in [0.15, 0.2) is 23.0 Å². The molecule has 0 aromatic heterocycles. The van der Waals surface area contributed by atoms with Crippen LogP contribution in [0.15, 0.2) is 95.2 Å². The predicted molar refractivity (Wildman–Crippen MR) is 231 cm³/mol. The van der Waals surface area contributed by atoms with Crippen LogP contribution in [0.3, 0.4) is 0 Å². The molecule has 302 valence electrons. The van der Waals surface area contributed by atoms with E-state index >= 15 is 0 Å². The molecule has 0 spiro atoms. The normalized spacial score (nSPS) is 20.8. The van der Waals surface area contributed by atoms with Gasteiger partial charge >= 0.3 is 0 Å². The van der Waals surface area contributed by atoms with Gasteiger partial charge in [-0.1, -0.05) is 67.6 Å². The first-order valence-corrected chi connectivity index (χ1v) is 20.8. The van der Waals surface area contributed by atoms with E-state index in [0.29, 0.717) is 96.9 Å². The summed E-state index contributed by atoms with van der Waals surface area (Å²) in [6.45, 7) is 3.76. The highest BCUT2D eigenvalue weighted by Crippen LogP contribution is 2.42. The number of ether oxygens (including phenoxy) is 4. The summed E-state index contributed by atoms with van der Waals surface area (Å²) in [5.74, 6) is 1.90. The van der Waals surface area contributed by atoms with Crippen LogP contribution < -0.4 is 24.7 Å². The van der Waals surface area contributed by atoms with E-state index in [-0.39, 0.29) is 23.9 Å². The number of carbonyl (C=O) groups excluding carboxylic acids is 2. The second-order valence-electron chi connectivity index (χ2n) is 15.8. The number of nitrogen functional groups attached to an aromatic ring is 1. The van der Waals surface area contributed by atoms with Crippen molar-refractivity contribution < 1.29 is 28.5 Å². The fraction of sp³-hybridized carbons (Fsp3) is 0.333. The Morgan fingerprint density at radius 2 is 0.949 bits per heavy atom. The number of amides is 2. The molecule has 0 saturated carbocycles. The molecule has 2 amide bonds. The minimum Gasteiger partial charge on any atom is -0.490 e. The second kappa shape index (κ2) is 16.9. The van der Waals surface area contributed by atoms with Crippen LogP contribution in [0.4, 0.5) is 17.1 Å². The minimum atomic E-state index is -0.197. The van der Waals surface area contributed by atoms with Gasteiger partial charge in [0.2, 0.25) is 0 Å². The molecule has 2 N–H and O–H groups in total. The maximum absolute atomic E-state index is 14.1. The van der Waals surface area contributed by atoms with E-state index < -0.39 is 0 Å². The Balaban J connectivity index is 0.920. The van der Waals surface area contributed by atoms with Crippen molar-refractivity contribution in [2.24, 2.45) is 9.98 Å². The first kappa shape index (κ1) is 38.2.